The first-order chi connectivity index (χ1) is 8.53. The van der Waals surface area contributed by atoms with Crippen molar-refractivity contribution in [2.45, 2.75) is 19.4 Å². The molecule has 0 aromatic carbocycles. The predicted octanol–water partition coefficient (Wildman–Crippen LogP) is 1.20. The van der Waals surface area contributed by atoms with Crippen LogP contribution in [0.3, 0.4) is 0 Å². The molecule has 0 aliphatic carbocycles. The van der Waals surface area contributed by atoms with Crippen molar-refractivity contribution in [2.75, 3.05) is 14.2 Å². The molecule has 1 rings (SSSR count). The Bertz CT molecular complexity index is 439. The van der Waals surface area contributed by atoms with Crippen LogP contribution < -0.4 is 10.5 Å². The monoisotopic (exact) mass is 260 g/mol. The Morgan fingerprint density at radius 2 is 2.11 bits per heavy atom. The van der Waals surface area contributed by atoms with Crippen molar-refractivity contribution in [3.8, 4) is 5.88 Å². The van der Waals surface area contributed by atoms with Crippen molar-refractivity contribution in [3.63, 3.8) is 0 Å². The van der Waals surface area contributed by atoms with Crippen LogP contribution in [0, 0.1) is 0 Å². The molecule has 0 saturated carbocycles. The number of pyridine rings is 1. The van der Waals surface area contributed by atoms with Crippen molar-refractivity contribution in [2.24, 2.45) is 5.73 Å². The SMILES string of the molecule is COC(=O)Cc1cc(CN)c(OC)nc1C(F)F. The standard InChI is InChI=1S/C11H14F2N2O3/c1-17-8(16)4-6-3-7(5-14)11(18-2)15-9(6)10(12)13/h3,10H,4-5,14H2,1-2H3. The molecule has 7 heteroatoms. The molecule has 100 valence electrons. The smallest absolute Gasteiger partial charge is 0.310 e. The van der Waals surface area contributed by atoms with E-state index in [1.165, 1.54) is 20.3 Å². The van der Waals surface area contributed by atoms with Crippen LogP contribution in [0.5, 0.6) is 5.88 Å². The van der Waals surface area contributed by atoms with Crippen molar-refractivity contribution in [1.82, 2.24) is 4.98 Å². The summed E-state index contributed by atoms with van der Waals surface area (Å²) in [6.45, 7) is 0.0772. The van der Waals surface area contributed by atoms with E-state index in [1.54, 1.807) is 0 Å². The molecule has 1 aromatic heterocycles. The van der Waals surface area contributed by atoms with Gasteiger partial charge in [0.15, 0.2) is 0 Å². The Morgan fingerprint density at radius 1 is 1.44 bits per heavy atom. The molecule has 0 spiro atoms. The van der Waals surface area contributed by atoms with Crippen LogP contribution >= 0.6 is 0 Å². The van der Waals surface area contributed by atoms with Gasteiger partial charge in [0.1, 0.15) is 5.69 Å². The van der Waals surface area contributed by atoms with E-state index in [2.05, 4.69) is 9.72 Å². The van der Waals surface area contributed by atoms with Crippen molar-refractivity contribution >= 4 is 5.97 Å². The zero-order valence-corrected chi connectivity index (χ0v) is 10.1. The molecule has 2 N–H and O–H groups in total. The molecule has 0 fully saturated rings. The lowest BCUT2D eigenvalue weighted by molar-refractivity contribution is -0.139. The number of carbonyl (C=O) groups excluding carboxylic acids is 1. The Hall–Kier alpha value is -1.76. The van der Waals surface area contributed by atoms with Gasteiger partial charge in [-0.1, -0.05) is 0 Å². The number of aromatic nitrogens is 1. The van der Waals surface area contributed by atoms with Gasteiger partial charge in [-0.3, -0.25) is 4.79 Å². The molecule has 0 saturated heterocycles. The first-order valence-corrected chi connectivity index (χ1v) is 5.15. The Morgan fingerprint density at radius 3 is 2.56 bits per heavy atom. The van der Waals surface area contributed by atoms with E-state index < -0.39 is 18.1 Å². The summed E-state index contributed by atoms with van der Waals surface area (Å²) in [6, 6.07) is 1.39. The number of carbonyl (C=O) groups is 1. The summed E-state index contributed by atoms with van der Waals surface area (Å²) in [7, 11) is 2.50. The molecule has 0 atom stereocenters. The number of esters is 1. The fraction of sp³-hybridized carbons (Fsp3) is 0.455. The first kappa shape index (κ1) is 14.3. The van der Waals surface area contributed by atoms with E-state index in [0.717, 1.165) is 0 Å². The number of halogens is 2. The van der Waals surface area contributed by atoms with E-state index in [9.17, 15) is 13.6 Å². The number of methoxy groups -OCH3 is 2. The average Bonchev–Trinajstić information content (AvgIpc) is 2.37. The summed E-state index contributed by atoms with van der Waals surface area (Å²) in [5.74, 6) is -0.576. The van der Waals surface area contributed by atoms with Gasteiger partial charge in [-0.05, 0) is 11.6 Å². The lowest BCUT2D eigenvalue weighted by atomic mass is 10.1. The minimum atomic E-state index is -2.80. The van der Waals surface area contributed by atoms with Gasteiger partial charge in [-0.2, -0.15) is 0 Å². The third-order valence-corrected chi connectivity index (χ3v) is 2.36. The molecule has 0 aliphatic heterocycles. The second-order valence-corrected chi connectivity index (χ2v) is 3.46. The highest BCUT2D eigenvalue weighted by Gasteiger charge is 2.20. The highest BCUT2D eigenvalue weighted by atomic mass is 19.3. The zero-order chi connectivity index (χ0) is 13.7. The highest BCUT2D eigenvalue weighted by Crippen LogP contribution is 2.27. The lowest BCUT2D eigenvalue weighted by Gasteiger charge is -2.12. The van der Waals surface area contributed by atoms with Crippen molar-refractivity contribution < 1.29 is 23.0 Å². The van der Waals surface area contributed by atoms with Crippen LogP contribution in [0.25, 0.3) is 0 Å². The van der Waals surface area contributed by atoms with Gasteiger partial charge in [-0.15, -0.1) is 0 Å². The minimum absolute atomic E-state index is 0.0430. The van der Waals surface area contributed by atoms with Gasteiger partial charge in [0.2, 0.25) is 5.88 Å². The highest BCUT2D eigenvalue weighted by molar-refractivity contribution is 5.72. The number of ether oxygens (including phenoxy) is 2. The summed E-state index contributed by atoms with van der Waals surface area (Å²) in [5.41, 5.74) is 5.52. The molecule has 0 aliphatic rings. The van der Waals surface area contributed by atoms with Crippen LogP contribution in [0.1, 0.15) is 23.2 Å². The molecular weight excluding hydrogens is 246 g/mol. The molecule has 5 nitrogen and oxygen atoms in total. The van der Waals surface area contributed by atoms with Crippen LogP contribution in [0.4, 0.5) is 8.78 Å². The van der Waals surface area contributed by atoms with Crippen LogP contribution in [-0.2, 0) is 22.5 Å². The van der Waals surface area contributed by atoms with Crippen molar-refractivity contribution in [1.29, 1.82) is 0 Å². The quantitative estimate of drug-likeness (QED) is 0.805. The third-order valence-electron chi connectivity index (χ3n) is 2.36. The molecular formula is C11H14F2N2O3. The van der Waals surface area contributed by atoms with Gasteiger partial charge in [0.05, 0.1) is 20.6 Å². The Kier molecular flexibility index (Phi) is 4.96. The van der Waals surface area contributed by atoms with Gasteiger partial charge in [0, 0.05) is 12.1 Å². The molecule has 0 amide bonds. The molecule has 0 bridgehead atoms. The van der Waals surface area contributed by atoms with Gasteiger partial charge in [-0.25, -0.2) is 13.8 Å². The maximum Gasteiger partial charge on any atom is 0.310 e. The summed E-state index contributed by atoms with van der Waals surface area (Å²) >= 11 is 0. The molecule has 0 unspecified atom stereocenters. The van der Waals surface area contributed by atoms with Gasteiger partial charge in [0.25, 0.3) is 6.43 Å². The Balaban J connectivity index is 3.24. The summed E-state index contributed by atoms with van der Waals surface area (Å²) in [4.78, 5) is 14.8. The normalized spacial score (nSPS) is 10.6. The second kappa shape index (κ2) is 6.25. The van der Waals surface area contributed by atoms with Gasteiger partial charge >= 0.3 is 5.97 Å². The Labute approximate surface area is 103 Å². The average molecular weight is 260 g/mol. The number of nitrogens with two attached hydrogens (primary N) is 1. The van der Waals surface area contributed by atoms with E-state index in [4.69, 9.17) is 10.5 Å². The van der Waals surface area contributed by atoms with Crippen LogP contribution in [0.15, 0.2) is 6.07 Å². The molecule has 18 heavy (non-hydrogen) atoms. The fourth-order valence-electron chi connectivity index (χ4n) is 1.48. The predicted molar refractivity (Wildman–Crippen MR) is 59.4 cm³/mol. The number of rotatable bonds is 5. The van der Waals surface area contributed by atoms with Gasteiger partial charge < -0.3 is 15.2 Å². The molecule has 1 heterocycles. The summed E-state index contributed by atoms with van der Waals surface area (Å²) in [5, 5.41) is 0. The maximum atomic E-state index is 12.8. The third kappa shape index (κ3) is 3.13. The maximum absolute atomic E-state index is 12.8. The fourth-order valence-corrected chi connectivity index (χ4v) is 1.48. The van der Waals surface area contributed by atoms with E-state index >= 15 is 0 Å². The second-order valence-electron chi connectivity index (χ2n) is 3.46. The number of nitrogens with zero attached hydrogens (tertiary/aromatic N) is 1. The zero-order valence-electron chi connectivity index (χ0n) is 10.1. The minimum Gasteiger partial charge on any atom is -0.481 e. The number of alkyl halides is 2. The molecule has 0 radical (unpaired) electrons. The van der Waals surface area contributed by atoms with Crippen LogP contribution in [-0.4, -0.2) is 25.2 Å². The van der Waals surface area contributed by atoms with E-state index in [-0.39, 0.29) is 24.4 Å². The van der Waals surface area contributed by atoms with Crippen LogP contribution in [0.2, 0.25) is 0 Å². The number of hydrogen-bond acceptors (Lipinski definition) is 5. The van der Waals surface area contributed by atoms with E-state index in [0.29, 0.717) is 5.56 Å². The topological polar surface area (TPSA) is 74.4 Å². The lowest BCUT2D eigenvalue weighted by Crippen LogP contribution is -2.12. The number of hydrogen-bond donors (Lipinski definition) is 1. The first-order valence-electron chi connectivity index (χ1n) is 5.15. The van der Waals surface area contributed by atoms with Crippen molar-refractivity contribution in [3.05, 3.63) is 22.9 Å². The van der Waals surface area contributed by atoms with E-state index in [1.807, 2.05) is 0 Å². The molecule has 1 aromatic rings. The largest absolute Gasteiger partial charge is 0.481 e. The summed E-state index contributed by atoms with van der Waals surface area (Å²) in [6.07, 6.45) is -3.08. The summed E-state index contributed by atoms with van der Waals surface area (Å²) < 4.78 is 35.0.